The van der Waals surface area contributed by atoms with Gasteiger partial charge in [0, 0.05) is 0 Å². The van der Waals surface area contributed by atoms with Crippen molar-refractivity contribution in [2.24, 2.45) is 0 Å². The number of carbonyl (C=O) groups excluding carboxylic acids is 1. The van der Waals surface area contributed by atoms with Crippen LogP contribution < -0.4 is 0 Å². The van der Waals surface area contributed by atoms with Gasteiger partial charge in [0.25, 0.3) is 0 Å². The Morgan fingerprint density at radius 2 is 2.00 bits per heavy atom. The molecule has 0 aromatic carbocycles. The molecule has 0 fully saturated rings. The third-order valence-corrected chi connectivity index (χ3v) is 2.28. The van der Waals surface area contributed by atoms with Crippen LogP contribution in [0.15, 0.2) is 0 Å². The Labute approximate surface area is 92.6 Å². The molecule has 0 saturated carbocycles. The van der Waals surface area contributed by atoms with Gasteiger partial charge >= 0.3 is 5.97 Å². The molecule has 0 aliphatic rings. The van der Waals surface area contributed by atoms with Crippen LogP contribution in [-0.4, -0.2) is 17.0 Å². The highest BCUT2D eigenvalue weighted by atomic mass is 127. The lowest BCUT2D eigenvalue weighted by Crippen LogP contribution is -2.04. The van der Waals surface area contributed by atoms with E-state index >= 15 is 0 Å². The van der Waals surface area contributed by atoms with E-state index in [2.05, 4.69) is 22.6 Å². The number of carbonyl (C=O) groups is 1. The number of nitriles is 1. The fourth-order valence-electron chi connectivity index (χ4n) is 0.852. The smallest absolute Gasteiger partial charge is 0.320 e. The Morgan fingerprint density at radius 3 is 2.62 bits per heavy atom. The van der Waals surface area contributed by atoms with Gasteiger partial charge in [-0.05, 0) is 17.3 Å². The van der Waals surface area contributed by atoms with Crippen LogP contribution >= 0.6 is 22.6 Å². The molecule has 3 nitrogen and oxygen atoms in total. The average molecular weight is 295 g/mol. The van der Waals surface area contributed by atoms with Crippen molar-refractivity contribution in [2.45, 2.75) is 32.1 Å². The number of hydrogen-bond acceptors (Lipinski definition) is 3. The number of hydrogen-bond donors (Lipinski definition) is 0. The third-order valence-electron chi connectivity index (χ3n) is 1.51. The quantitative estimate of drug-likeness (QED) is 0.314. The highest BCUT2D eigenvalue weighted by molar-refractivity contribution is 14.1. The lowest BCUT2D eigenvalue weighted by Gasteiger charge is -2.01. The summed E-state index contributed by atoms with van der Waals surface area (Å²) in [6.07, 6.45) is 4.30. The molecule has 0 N–H and O–H groups in total. The molecule has 4 heteroatoms. The van der Waals surface area contributed by atoms with Crippen LogP contribution in [0.3, 0.4) is 0 Å². The summed E-state index contributed by atoms with van der Waals surface area (Å²) in [7, 11) is 0. The zero-order valence-corrected chi connectivity index (χ0v) is 9.75. The molecule has 0 spiro atoms. The molecular weight excluding hydrogens is 281 g/mol. The average Bonchev–Trinajstić information content (AvgIpc) is 2.11. The second kappa shape index (κ2) is 9.78. The Kier molecular flexibility index (Phi) is 9.54. The molecule has 13 heavy (non-hydrogen) atoms. The van der Waals surface area contributed by atoms with E-state index in [0.717, 1.165) is 12.8 Å². The SMILES string of the molecule is N#CCC(=O)OCCCCCCI. The van der Waals surface area contributed by atoms with Gasteiger partial charge in [-0.3, -0.25) is 4.79 Å². The highest BCUT2D eigenvalue weighted by Crippen LogP contribution is 2.02. The van der Waals surface area contributed by atoms with E-state index in [1.807, 2.05) is 0 Å². The molecule has 74 valence electrons. The van der Waals surface area contributed by atoms with E-state index in [4.69, 9.17) is 10.00 Å². The summed E-state index contributed by atoms with van der Waals surface area (Å²) in [6, 6.07) is 1.75. The summed E-state index contributed by atoms with van der Waals surface area (Å²) in [4.78, 5) is 10.7. The molecular formula is C9H14INO2. The minimum Gasteiger partial charge on any atom is -0.465 e. The van der Waals surface area contributed by atoms with Gasteiger partial charge in [0.15, 0.2) is 0 Å². The van der Waals surface area contributed by atoms with Crippen molar-refractivity contribution >= 4 is 28.6 Å². The molecule has 0 aliphatic carbocycles. The largest absolute Gasteiger partial charge is 0.465 e. The normalized spacial score (nSPS) is 9.23. The minimum absolute atomic E-state index is 0.131. The molecule has 0 heterocycles. The van der Waals surface area contributed by atoms with Gasteiger partial charge in [-0.15, -0.1) is 0 Å². The maximum absolute atomic E-state index is 10.7. The van der Waals surface area contributed by atoms with Crippen molar-refractivity contribution in [1.29, 1.82) is 5.26 Å². The molecule has 0 aromatic rings. The van der Waals surface area contributed by atoms with Crippen LogP contribution in [0.2, 0.25) is 0 Å². The minimum atomic E-state index is -0.406. The van der Waals surface area contributed by atoms with Gasteiger partial charge in [-0.1, -0.05) is 35.4 Å². The molecule has 0 bridgehead atoms. The van der Waals surface area contributed by atoms with Gasteiger partial charge in [0.2, 0.25) is 0 Å². The van der Waals surface area contributed by atoms with Crippen molar-refractivity contribution in [3.05, 3.63) is 0 Å². The van der Waals surface area contributed by atoms with E-state index in [-0.39, 0.29) is 6.42 Å². The Hall–Kier alpha value is -0.310. The summed E-state index contributed by atoms with van der Waals surface area (Å²) in [5.74, 6) is -0.406. The van der Waals surface area contributed by atoms with Crippen LogP contribution in [0.5, 0.6) is 0 Å². The Morgan fingerprint density at radius 1 is 1.31 bits per heavy atom. The Balaban J connectivity index is 3.08. The van der Waals surface area contributed by atoms with Gasteiger partial charge in [-0.2, -0.15) is 5.26 Å². The third kappa shape index (κ3) is 9.61. The molecule has 0 saturated heterocycles. The first kappa shape index (κ1) is 12.7. The molecule has 0 atom stereocenters. The number of unbranched alkanes of at least 4 members (excludes halogenated alkanes) is 3. The molecule has 0 radical (unpaired) electrons. The monoisotopic (exact) mass is 295 g/mol. The first-order valence-corrected chi connectivity index (χ1v) is 5.92. The second-order valence-corrected chi connectivity index (χ2v) is 3.74. The van der Waals surface area contributed by atoms with Crippen molar-refractivity contribution < 1.29 is 9.53 Å². The zero-order chi connectivity index (χ0) is 9.94. The maximum Gasteiger partial charge on any atom is 0.320 e. The predicted octanol–water partition coefficient (Wildman–Crippen LogP) is 2.44. The van der Waals surface area contributed by atoms with E-state index in [1.54, 1.807) is 6.07 Å². The molecule has 0 unspecified atom stereocenters. The van der Waals surface area contributed by atoms with Gasteiger partial charge in [0.1, 0.15) is 6.42 Å². The van der Waals surface area contributed by atoms with Crippen LogP contribution in [0.4, 0.5) is 0 Å². The topological polar surface area (TPSA) is 50.1 Å². The summed E-state index contributed by atoms with van der Waals surface area (Å²) in [5, 5.41) is 8.16. The van der Waals surface area contributed by atoms with Crippen LogP contribution in [-0.2, 0) is 9.53 Å². The fraction of sp³-hybridized carbons (Fsp3) is 0.778. The molecule has 0 aromatic heterocycles. The summed E-state index contributed by atoms with van der Waals surface area (Å²) < 4.78 is 5.99. The first-order chi connectivity index (χ1) is 6.31. The number of rotatable bonds is 7. The number of halogens is 1. The van der Waals surface area contributed by atoms with Crippen LogP contribution in [0.1, 0.15) is 32.1 Å². The van der Waals surface area contributed by atoms with E-state index in [9.17, 15) is 4.79 Å². The summed E-state index contributed by atoms with van der Waals surface area (Å²) in [5.41, 5.74) is 0. The van der Waals surface area contributed by atoms with E-state index < -0.39 is 5.97 Å². The maximum atomic E-state index is 10.7. The molecule has 0 rings (SSSR count). The van der Waals surface area contributed by atoms with E-state index in [1.165, 1.54) is 17.3 Å². The molecule has 0 aliphatic heterocycles. The van der Waals surface area contributed by atoms with E-state index in [0.29, 0.717) is 6.61 Å². The number of ether oxygens (including phenoxy) is 1. The standard InChI is InChI=1S/C9H14INO2/c10-6-3-1-2-4-8-13-9(12)5-7-11/h1-6,8H2. The summed E-state index contributed by atoms with van der Waals surface area (Å²) >= 11 is 2.35. The number of esters is 1. The van der Waals surface area contributed by atoms with Crippen molar-refractivity contribution in [3.63, 3.8) is 0 Å². The summed E-state index contributed by atoms with van der Waals surface area (Å²) in [6.45, 7) is 0.460. The highest BCUT2D eigenvalue weighted by Gasteiger charge is 1.99. The van der Waals surface area contributed by atoms with Gasteiger partial charge in [0.05, 0.1) is 12.7 Å². The van der Waals surface area contributed by atoms with Gasteiger partial charge in [-0.25, -0.2) is 0 Å². The Bertz CT molecular complexity index is 177. The van der Waals surface area contributed by atoms with Crippen molar-refractivity contribution in [1.82, 2.24) is 0 Å². The van der Waals surface area contributed by atoms with Crippen molar-refractivity contribution in [3.8, 4) is 6.07 Å². The van der Waals surface area contributed by atoms with Crippen LogP contribution in [0, 0.1) is 11.3 Å². The lowest BCUT2D eigenvalue weighted by molar-refractivity contribution is -0.142. The van der Waals surface area contributed by atoms with Gasteiger partial charge < -0.3 is 4.74 Å². The number of nitrogens with zero attached hydrogens (tertiary/aromatic N) is 1. The number of alkyl halides is 1. The first-order valence-electron chi connectivity index (χ1n) is 4.39. The predicted molar refractivity (Wildman–Crippen MR) is 58.5 cm³/mol. The lowest BCUT2D eigenvalue weighted by atomic mass is 10.2. The second-order valence-electron chi connectivity index (χ2n) is 2.66. The zero-order valence-electron chi connectivity index (χ0n) is 7.59. The fourth-order valence-corrected chi connectivity index (χ4v) is 1.39. The molecule has 0 amide bonds. The van der Waals surface area contributed by atoms with Crippen molar-refractivity contribution in [2.75, 3.05) is 11.0 Å². The van der Waals surface area contributed by atoms with Crippen LogP contribution in [0.25, 0.3) is 0 Å².